The van der Waals surface area contributed by atoms with E-state index < -0.39 is 6.03 Å². The number of ketones is 1. The van der Waals surface area contributed by atoms with Crippen LogP contribution in [0, 0.1) is 0 Å². The van der Waals surface area contributed by atoms with E-state index in [2.05, 4.69) is 16.0 Å². The normalized spacial score (nSPS) is 12.3. The van der Waals surface area contributed by atoms with Gasteiger partial charge in [-0.25, -0.2) is 4.79 Å². The van der Waals surface area contributed by atoms with Crippen molar-refractivity contribution in [3.05, 3.63) is 53.6 Å². The molecule has 0 radical (unpaired) electrons. The quantitative estimate of drug-likeness (QED) is 0.762. The van der Waals surface area contributed by atoms with Gasteiger partial charge in [-0.3, -0.25) is 9.59 Å². The van der Waals surface area contributed by atoms with Crippen molar-refractivity contribution in [2.24, 2.45) is 0 Å². The van der Waals surface area contributed by atoms with Crippen molar-refractivity contribution in [2.45, 2.75) is 13.3 Å². The third-order valence-electron chi connectivity index (χ3n) is 3.52. The Bertz CT molecular complexity index is 814. The number of Topliss-reactive ketones (excluding diaryl/α,β-unsaturated/α-hetero) is 1. The van der Waals surface area contributed by atoms with Crippen LogP contribution in [-0.4, -0.2) is 17.7 Å². The van der Waals surface area contributed by atoms with Crippen LogP contribution < -0.4 is 16.0 Å². The Morgan fingerprint density at radius 3 is 2.52 bits per heavy atom. The number of nitrogens with one attached hydrogen (secondary N) is 3. The fourth-order valence-electron chi connectivity index (χ4n) is 2.42. The van der Waals surface area contributed by atoms with Gasteiger partial charge in [0.15, 0.2) is 5.78 Å². The fourth-order valence-corrected chi connectivity index (χ4v) is 2.42. The van der Waals surface area contributed by atoms with Gasteiger partial charge in [0.05, 0.1) is 6.42 Å². The van der Waals surface area contributed by atoms with E-state index in [-0.39, 0.29) is 11.7 Å². The summed E-state index contributed by atoms with van der Waals surface area (Å²) in [5, 5.41) is 8.12. The number of amides is 3. The summed E-state index contributed by atoms with van der Waals surface area (Å²) >= 11 is 0. The first-order valence-electron chi connectivity index (χ1n) is 7.13. The largest absolute Gasteiger partial charge is 0.326 e. The number of benzene rings is 2. The molecule has 0 unspecified atom stereocenters. The molecular weight excluding hydrogens is 294 g/mol. The zero-order valence-corrected chi connectivity index (χ0v) is 12.5. The highest BCUT2D eigenvalue weighted by atomic mass is 16.2. The van der Waals surface area contributed by atoms with E-state index in [9.17, 15) is 14.4 Å². The van der Waals surface area contributed by atoms with Gasteiger partial charge < -0.3 is 16.0 Å². The van der Waals surface area contributed by atoms with Crippen LogP contribution in [0.1, 0.15) is 22.8 Å². The number of carbonyl (C=O) groups excluding carboxylic acids is 3. The highest BCUT2D eigenvalue weighted by Gasteiger charge is 2.17. The summed E-state index contributed by atoms with van der Waals surface area (Å²) in [6.45, 7) is 1.47. The maximum atomic E-state index is 12.0. The van der Waals surface area contributed by atoms with Crippen LogP contribution in [0.15, 0.2) is 42.5 Å². The van der Waals surface area contributed by atoms with Crippen LogP contribution in [0.3, 0.4) is 0 Å². The first-order valence-corrected chi connectivity index (χ1v) is 7.13. The summed E-state index contributed by atoms with van der Waals surface area (Å²) in [5.74, 6) is -0.118. The lowest BCUT2D eigenvalue weighted by molar-refractivity contribution is -0.115. The molecular formula is C17H15N3O3. The monoisotopic (exact) mass is 309 g/mol. The molecule has 116 valence electrons. The van der Waals surface area contributed by atoms with Crippen molar-refractivity contribution < 1.29 is 14.4 Å². The molecule has 0 aliphatic carbocycles. The van der Waals surface area contributed by atoms with Crippen molar-refractivity contribution in [1.29, 1.82) is 0 Å². The van der Waals surface area contributed by atoms with Crippen LogP contribution in [0.4, 0.5) is 21.9 Å². The van der Waals surface area contributed by atoms with E-state index in [0.717, 1.165) is 11.3 Å². The summed E-state index contributed by atoms with van der Waals surface area (Å²) in [5.41, 5.74) is 3.29. The standard InChI is InChI=1S/C17H15N3O3/c1-10(21)11-3-2-4-13(7-11)18-17(23)19-14-5-6-15-12(8-14)9-16(22)20-15/h2-8H,9H2,1H3,(H,20,22)(H2,18,19,23). The molecule has 0 spiro atoms. The summed E-state index contributed by atoms with van der Waals surface area (Å²) in [4.78, 5) is 34.7. The zero-order valence-electron chi connectivity index (χ0n) is 12.5. The number of rotatable bonds is 3. The van der Waals surface area contributed by atoms with Gasteiger partial charge in [0.25, 0.3) is 0 Å². The lowest BCUT2D eigenvalue weighted by Crippen LogP contribution is -2.19. The minimum Gasteiger partial charge on any atom is -0.326 e. The minimum atomic E-state index is -0.414. The maximum absolute atomic E-state index is 12.0. The molecule has 0 saturated heterocycles. The molecule has 0 saturated carbocycles. The number of hydrogen-bond donors (Lipinski definition) is 3. The van der Waals surface area contributed by atoms with Crippen LogP contribution in [0.25, 0.3) is 0 Å². The maximum Gasteiger partial charge on any atom is 0.323 e. The number of anilines is 3. The summed E-state index contributed by atoms with van der Waals surface area (Å²) in [6.07, 6.45) is 0.313. The predicted octanol–water partition coefficient (Wildman–Crippen LogP) is 3.03. The van der Waals surface area contributed by atoms with Crippen molar-refractivity contribution in [2.75, 3.05) is 16.0 Å². The molecule has 0 aromatic heterocycles. The van der Waals surface area contributed by atoms with Crippen molar-refractivity contribution in [3.8, 4) is 0 Å². The lowest BCUT2D eigenvalue weighted by Gasteiger charge is -2.09. The van der Waals surface area contributed by atoms with Gasteiger partial charge in [-0.2, -0.15) is 0 Å². The van der Waals surface area contributed by atoms with E-state index in [4.69, 9.17) is 0 Å². The minimum absolute atomic E-state index is 0.0531. The highest BCUT2D eigenvalue weighted by Crippen LogP contribution is 2.26. The Kier molecular flexibility index (Phi) is 3.80. The number of urea groups is 1. The van der Waals surface area contributed by atoms with Crippen LogP contribution in [0.5, 0.6) is 0 Å². The molecule has 0 atom stereocenters. The number of hydrogen-bond acceptors (Lipinski definition) is 3. The summed E-state index contributed by atoms with van der Waals surface area (Å²) in [7, 11) is 0. The molecule has 3 rings (SSSR count). The zero-order chi connectivity index (χ0) is 16.4. The van der Waals surface area contributed by atoms with Gasteiger partial charge in [0, 0.05) is 22.6 Å². The average Bonchev–Trinajstić information content (AvgIpc) is 2.86. The molecule has 6 heteroatoms. The topological polar surface area (TPSA) is 87.3 Å². The second kappa shape index (κ2) is 5.92. The van der Waals surface area contributed by atoms with Gasteiger partial charge in [-0.1, -0.05) is 12.1 Å². The molecule has 0 fully saturated rings. The SMILES string of the molecule is CC(=O)c1cccc(NC(=O)Nc2ccc3c(c2)CC(=O)N3)c1. The second-order valence-corrected chi connectivity index (χ2v) is 5.31. The Morgan fingerprint density at radius 2 is 1.78 bits per heavy atom. The molecule has 1 aliphatic rings. The van der Waals surface area contributed by atoms with E-state index in [1.165, 1.54) is 6.92 Å². The van der Waals surface area contributed by atoms with E-state index >= 15 is 0 Å². The average molecular weight is 309 g/mol. The van der Waals surface area contributed by atoms with Gasteiger partial charge >= 0.3 is 6.03 Å². The van der Waals surface area contributed by atoms with Crippen LogP contribution in [0.2, 0.25) is 0 Å². The van der Waals surface area contributed by atoms with Gasteiger partial charge in [0.1, 0.15) is 0 Å². The third kappa shape index (κ3) is 3.37. The molecule has 0 bridgehead atoms. The van der Waals surface area contributed by atoms with Crippen molar-refractivity contribution in [1.82, 2.24) is 0 Å². The van der Waals surface area contributed by atoms with Crippen molar-refractivity contribution >= 4 is 34.8 Å². The van der Waals surface area contributed by atoms with Crippen LogP contribution in [-0.2, 0) is 11.2 Å². The summed E-state index contributed by atoms with van der Waals surface area (Å²) < 4.78 is 0. The Morgan fingerprint density at radius 1 is 1.04 bits per heavy atom. The molecule has 23 heavy (non-hydrogen) atoms. The summed E-state index contributed by atoms with van der Waals surface area (Å²) in [6, 6.07) is 11.5. The predicted molar refractivity (Wildman–Crippen MR) is 87.9 cm³/mol. The van der Waals surface area contributed by atoms with Crippen molar-refractivity contribution in [3.63, 3.8) is 0 Å². The van der Waals surface area contributed by atoms with Crippen LogP contribution >= 0.6 is 0 Å². The van der Waals surface area contributed by atoms with Gasteiger partial charge in [0.2, 0.25) is 5.91 Å². The van der Waals surface area contributed by atoms with Gasteiger partial charge in [-0.05, 0) is 42.8 Å². The molecule has 3 amide bonds. The Balaban J connectivity index is 1.68. The highest BCUT2D eigenvalue weighted by molar-refractivity contribution is 6.03. The second-order valence-electron chi connectivity index (χ2n) is 5.31. The lowest BCUT2D eigenvalue weighted by atomic mass is 10.1. The van der Waals surface area contributed by atoms with E-state index in [1.54, 1.807) is 42.5 Å². The number of carbonyl (C=O) groups is 3. The first kappa shape index (κ1) is 14.8. The van der Waals surface area contributed by atoms with E-state index in [1.807, 2.05) is 0 Å². The molecule has 3 N–H and O–H groups in total. The Labute approximate surface area is 132 Å². The fraction of sp³-hybridized carbons (Fsp3) is 0.118. The third-order valence-corrected chi connectivity index (χ3v) is 3.52. The number of fused-ring (bicyclic) bond motifs is 1. The Hall–Kier alpha value is -3.15. The molecule has 2 aromatic rings. The molecule has 1 aliphatic heterocycles. The molecule has 6 nitrogen and oxygen atoms in total. The smallest absolute Gasteiger partial charge is 0.323 e. The molecule has 2 aromatic carbocycles. The van der Waals surface area contributed by atoms with Gasteiger partial charge in [-0.15, -0.1) is 0 Å². The molecule has 1 heterocycles. The first-order chi connectivity index (χ1) is 11.0. The van der Waals surface area contributed by atoms with E-state index in [0.29, 0.717) is 23.4 Å².